The number of nitrogens with one attached hydrogen (secondary N) is 1. The predicted molar refractivity (Wildman–Crippen MR) is 50.1 cm³/mol. The summed E-state index contributed by atoms with van der Waals surface area (Å²) in [7, 11) is 0. The maximum Gasteiger partial charge on any atom is 0.142 e. The van der Waals surface area contributed by atoms with E-state index in [0.29, 0.717) is 5.78 Å². The summed E-state index contributed by atoms with van der Waals surface area (Å²) in [5.74, 6) is 0.671. The molecular weight excluding hydrogens is 150 g/mol. The number of hydrogen-bond donors (Lipinski definition) is 1. The Labute approximate surface area is 74.7 Å². The molecule has 2 atom stereocenters. The van der Waals surface area contributed by atoms with Gasteiger partial charge in [-0.05, 0) is 19.4 Å². The lowest BCUT2D eigenvalue weighted by Crippen LogP contribution is -2.34. The third kappa shape index (κ3) is 1.69. The SMILES string of the molecule is CCC(C)C(=O)C1(C)CCNC1. The second kappa shape index (κ2) is 3.56. The molecule has 0 saturated carbocycles. The Kier molecular flexibility index (Phi) is 2.89. The molecule has 2 unspecified atom stereocenters. The van der Waals surface area contributed by atoms with Crippen LogP contribution in [0.4, 0.5) is 0 Å². The van der Waals surface area contributed by atoms with Crippen LogP contribution in [-0.4, -0.2) is 18.9 Å². The molecule has 1 fully saturated rings. The van der Waals surface area contributed by atoms with Crippen molar-refractivity contribution < 1.29 is 4.79 Å². The minimum atomic E-state index is -0.0740. The summed E-state index contributed by atoms with van der Waals surface area (Å²) in [5.41, 5.74) is -0.0740. The number of ketones is 1. The Hall–Kier alpha value is -0.370. The van der Waals surface area contributed by atoms with E-state index in [4.69, 9.17) is 0 Å². The van der Waals surface area contributed by atoms with Crippen molar-refractivity contribution in [1.29, 1.82) is 0 Å². The predicted octanol–water partition coefficient (Wildman–Crippen LogP) is 1.60. The summed E-state index contributed by atoms with van der Waals surface area (Å²) in [5, 5.41) is 3.25. The summed E-state index contributed by atoms with van der Waals surface area (Å²) >= 11 is 0. The molecule has 0 aromatic heterocycles. The maximum atomic E-state index is 11.9. The number of carbonyl (C=O) groups excluding carboxylic acids is 1. The lowest BCUT2D eigenvalue weighted by molar-refractivity contribution is -0.130. The first-order valence-corrected chi connectivity index (χ1v) is 4.85. The largest absolute Gasteiger partial charge is 0.316 e. The summed E-state index contributed by atoms with van der Waals surface area (Å²) < 4.78 is 0. The minimum Gasteiger partial charge on any atom is -0.316 e. The summed E-state index contributed by atoms with van der Waals surface area (Å²) in [6.07, 6.45) is 1.98. The van der Waals surface area contributed by atoms with Crippen molar-refractivity contribution in [3.05, 3.63) is 0 Å². The van der Waals surface area contributed by atoms with Gasteiger partial charge in [0.25, 0.3) is 0 Å². The average molecular weight is 169 g/mol. The first-order valence-electron chi connectivity index (χ1n) is 4.85. The van der Waals surface area contributed by atoms with Gasteiger partial charge in [-0.25, -0.2) is 0 Å². The average Bonchev–Trinajstić information content (AvgIpc) is 2.50. The molecule has 0 aliphatic carbocycles. The highest BCUT2D eigenvalue weighted by atomic mass is 16.1. The number of hydrogen-bond acceptors (Lipinski definition) is 2. The van der Waals surface area contributed by atoms with Gasteiger partial charge in [-0.2, -0.15) is 0 Å². The lowest BCUT2D eigenvalue weighted by Gasteiger charge is -2.24. The molecule has 1 aliphatic heterocycles. The number of carbonyl (C=O) groups is 1. The number of rotatable bonds is 3. The fourth-order valence-corrected chi connectivity index (χ4v) is 1.81. The van der Waals surface area contributed by atoms with E-state index in [2.05, 4.69) is 19.2 Å². The Balaban J connectivity index is 2.61. The maximum absolute atomic E-state index is 11.9. The molecule has 0 aromatic carbocycles. The van der Waals surface area contributed by atoms with Crippen molar-refractivity contribution in [1.82, 2.24) is 5.32 Å². The molecule has 1 heterocycles. The van der Waals surface area contributed by atoms with Crippen molar-refractivity contribution in [3.63, 3.8) is 0 Å². The van der Waals surface area contributed by atoms with Crippen LogP contribution in [0.2, 0.25) is 0 Å². The van der Waals surface area contributed by atoms with Crippen LogP contribution in [0.1, 0.15) is 33.6 Å². The summed E-state index contributed by atoms with van der Waals surface area (Å²) in [6.45, 7) is 8.07. The molecular formula is C10H19NO. The van der Waals surface area contributed by atoms with Gasteiger partial charge in [0, 0.05) is 17.9 Å². The van der Waals surface area contributed by atoms with Crippen LogP contribution in [0.15, 0.2) is 0 Å². The molecule has 1 N–H and O–H groups in total. The zero-order chi connectivity index (χ0) is 9.19. The van der Waals surface area contributed by atoms with Crippen molar-refractivity contribution in [3.8, 4) is 0 Å². The van der Waals surface area contributed by atoms with Crippen LogP contribution in [0.3, 0.4) is 0 Å². The van der Waals surface area contributed by atoms with Gasteiger partial charge in [0.15, 0.2) is 0 Å². The standard InChI is InChI=1S/C10H19NO/c1-4-8(2)9(12)10(3)5-6-11-7-10/h8,11H,4-7H2,1-3H3. The third-order valence-corrected chi connectivity index (χ3v) is 3.02. The molecule has 2 nitrogen and oxygen atoms in total. The van der Waals surface area contributed by atoms with Gasteiger partial charge >= 0.3 is 0 Å². The first kappa shape index (κ1) is 9.72. The highest BCUT2D eigenvalue weighted by molar-refractivity contribution is 5.86. The van der Waals surface area contributed by atoms with E-state index in [1.165, 1.54) is 0 Å². The Morgan fingerprint density at radius 2 is 2.33 bits per heavy atom. The van der Waals surface area contributed by atoms with Gasteiger partial charge < -0.3 is 5.32 Å². The monoisotopic (exact) mass is 169 g/mol. The molecule has 0 aromatic rings. The van der Waals surface area contributed by atoms with Crippen LogP contribution in [0.5, 0.6) is 0 Å². The van der Waals surface area contributed by atoms with E-state index in [-0.39, 0.29) is 11.3 Å². The highest BCUT2D eigenvalue weighted by Crippen LogP contribution is 2.29. The third-order valence-electron chi connectivity index (χ3n) is 3.02. The molecule has 1 saturated heterocycles. The molecule has 1 aliphatic rings. The van der Waals surface area contributed by atoms with Gasteiger partial charge in [-0.15, -0.1) is 0 Å². The second-order valence-electron chi connectivity index (χ2n) is 4.16. The molecule has 0 radical (unpaired) electrons. The molecule has 70 valence electrons. The van der Waals surface area contributed by atoms with Gasteiger partial charge in [0.05, 0.1) is 0 Å². The fourth-order valence-electron chi connectivity index (χ4n) is 1.81. The van der Waals surface area contributed by atoms with E-state index < -0.39 is 0 Å². The quantitative estimate of drug-likeness (QED) is 0.695. The van der Waals surface area contributed by atoms with Crippen molar-refractivity contribution in [2.24, 2.45) is 11.3 Å². The zero-order valence-corrected chi connectivity index (χ0v) is 8.31. The molecule has 0 spiro atoms. The van der Waals surface area contributed by atoms with Gasteiger partial charge in [0.2, 0.25) is 0 Å². The minimum absolute atomic E-state index is 0.0740. The van der Waals surface area contributed by atoms with E-state index >= 15 is 0 Å². The number of Topliss-reactive ketones (excluding diaryl/α,β-unsaturated/α-hetero) is 1. The molecule has 12 heavy (non-hydrogen) atoms. The van der Waals surface area contributed by atoms with E-state index in [1.807, 2.05) is 6.92 Å². The smallest absolute Gasteiger partial charge is 0.142 e. The van der Waals surface area contributed by atoms with E-state index in [1.54, 1.807) is 0 Å². The summed E-state index contributed by atoms with van der Waals surface area (Å²) in [4.78, 5) is 11.9. The Morgan fingerprint density at radius 1 is 1.67 bits per heavy atom. The topological polar surface area (TPSA) is 29.1 Å². The van der Waals surface area contributed by atoms with Crippen molar-refractivity contribution in [2.75, 3.05) is 13.1 Å². The van der Waals surface area contributed by atoms with E-state index in [9.17, 15) is 4.79 Å². The van der Waals surface area contributed by atoms with Crippen LogP contribution in [0.25, 0.3) is 0 Å². The van der Waals surface area contributed by atoms with Crippen molar-refractivity contribution in [2.45, 2.75) is 33.6 Å². The molecule has 1 rings (SSSR count). The van der Waals surface area contributed by atoms with Crippen LogP contribution in [0, 0.1) is 11.3 Å². The Morgan fingerprint density at radius 3 is 2.75 bits per heavy atom. The van der Waals surface area contributed by atoms with Crippen LogP contribution in [-0.2, 0) is 4.79 Å². The van der Waals surface area contributed by atoms with Gasteiger partial charge in [-0.3, -0.25) is 4.79 Å². The zero-order valence-electron chi connectivity index (χ0n) is 8.31. The van der Waals surface area contributed by atoms with E-state index in [0.717, 1.165) is 25.9 Å². The highest BCUT2D eigenvalue weighted by Gasteiger charge is 2.37. The molecule has 0 bridgehead atoms. The first-order chi connectivity index (χ1) is 5.60. The van der Waals surface area contributed by atoms with Crippen molar-refractivity contribution >= 4 is 5.78 Å². The fraction of sp³-hybridized carbons (Fsp3) is 0.900. The second-order valence-corrected chi connectivity index (χ2v) is 4.16. The van der Waals surface area contributed by atoms with Gasteiger partial charge in [0.1, 0.15) is 5.78 Å². The molecule has 2 heteroatoms. The van der Waals surface area contributed by atoms with Crippen LogP contribution >= 0.6 is 0 Å². The Bertz CT molecular complexity index is 171. The van der Waals surface area contributed by atoms with Gasteiger partial charge in [-0.1, -0.05) is 20.8 Å². The molecule has 0 amide bonds. The summed E-state index contributed by atoms with van der Waals surface area (Å²) in [6, 6.07) is 0. The normalized spacial score (nSPS) is 31.9. The van der Waals surface area contributed by atoms with Crippen LogP contribution < -0.4 is 5.32 Å². The lowest BCUT2D eigenvalue weighted by atomic mass is 9.79.